The fraction of sp³-hybridized carbons (Fsp3) is 0.231. The third-order valence-corrected chi connectivity index (χ3v) is 6.22. The van der Waals surface area contributed by atoms with E-state index in [4.69, 9.17) is 4.74 Å². The van der Waals surface area contributed by atoms with Crippen molar-refractivity contribution in [1.29, 1.82) is 0 Å². The van der Waals surface area contributed by atoms with Crippen LogP contribution in [0.4, 0.5) is 10.1 Å². The Kier molecular flexibility index (Phi) is 7.92. The Hall–Kier alpha value is -3.23. The molecule has 1 heterocycles. The minimum atomic E-state index is -0.273. The van der Waals surface area contributed by atoms with E-state index in [2.05, 4.69) is 36.3 Å². The number of ether oxygens (including phenoxy) is 1. The quantitative estimate of drug-likeness (QED) is 0.360. The van der Waals surface area contributed by atoms with Gasteiger partial charge in [-0.3, -0.25) is 9.69 Å². The summed E-state index contributed by atoms with van der Waals surface area (Å²) < 4.78 is 19.6. The highest BCUT2D eigenvalue weighted by molar-refractivity contribution is 9.10. The molecule has 34 heavy (non-hydrogen) atoms. The Labute approximate surface area is 207 Å². The van der Waals surface area contributed by atoms with Crippen LogP contribution in [0, 0.1) is 5.82 Å². The van der Waals surface area contributed by atoms with Crippen molar-refractivity contribution in [2.75, 3.05) is 38.2 Å². The summed E-state index contributed by atoms with van der Waals surface area (Å²) in [7, 11) is 1.66. The summed E-state index contributed by atoms with van der Waals surface area (Å²) in [6.07, 6.45) is 1.63. The molecule has 0 bridgehead atoms. The molecule has 1 aliphatic heterocycles. The van der Waals surface area contributed by atoms with Gasteiger partial charge in [0.05, 0.1) is 13.3 Å². The van der Waals surface area contributed by atoms with E-state index in [1.165, 1.54) is 12.1 Å². The second kappa shape index (κ2) is 11.3. The molecule has 4 rings (SSSR count). The molecule has 0 aromatic heterocycles. The first-order valence-electron chi connectivity index (χ1n) is 11.0. The lowest BCUT2D eigenvalue weighted by atomic mass is 10.1. The molecule has 1 N–H and O–H groups in total. The van der Waals surface area contributed by atoms with Crippen LogP contribution in [0.1, 0.15) is 21.5 Å². The van der Waals surface area contributed by atoms with Crippen molar-refractivity contribution < 1.29 is 13.9 Å². The van der Waals surface area contributed by atoms with Gasteiger partial charge in [0.2, 0.25) is 0 Å². The average Bonchev–Trinajstić information content (AvgIpc) is 2.85. The molecule has 1 saturated heterocycles. The van der Waals surface area contributed by atoms with Crippen LogP contribution < -0.4 is 15.1 Å². The SMILES string of the molecule is COc1ccc(/C=N/NC(=O)c2cccc(Br)c2)cc1CN1CCN(c2ccc(F)cc2)CC1. The Morgan fingerprint density at radius 2 is 1.85 bits per heavy atom. The fourth-order valence-corrected chi connectivity index (χ4v) is 4.32. The van der Waals surface area contributed by atoms with E-state index in [-0.39, 0.29) is 11.7 Å². The van der Waals surface area contributed by atoms with E-state index in [1.807, 2.05) is 36.4 Å². The molecular weight excluding hydrogens is 499 g/mol. The first-order valence-corrected chi connectivity index (χ1v) is 11.8. The number of carbonyl (C=O) groups is 1. The molecule has 0 atom stereocenters. The number of rotatable bonds is 7. The predicted octanol–water partition coefficient (Wildman–Crippen LogP) is 4.68. The summed E-state index contributed by atoms with van der Waals surface area (Å²) in [5.74, 6) is 0.326. The number of amides is 1. The van der Waals surface area contributed by atoms with E-state index < -0.39 is 0 Å². The van der Waals surface area contributed by atoms with Gasteiger partial charge in [-0.25, -0.2) is 9.82 Å². The summed E-state index contributed by atoms with van der Waals surface area (Å²) in [5.41, 5.74) is 6.07. The van der Waals surface area contributed by atoms with Crippen LogP contribution in [0.15, 0.2) is 76.3 Å². The standard InChI is InChI=1S/C26H26BrFN4O2/c1-34-25-10-5-19(17-29-30-26(33)20-3-2-4-22(27)16-20)15-21(25)18-31-11-13-32(14-12-31)24-8-6-23(28)7-9-24/h2-10,15-17H,11-14,18H2,1H3,(H,30,33)/b29-17+. The molecule has 0 radical (unpaired) electrons. The highest BCUT2D eigenvalue weighted by atomic mass is 79.9. The zero-order chi connectivity index (χ0) is 23.9. The maximum Gasteiger partial charge on any atom is 0.271 e. The molecule has 0 saturated carbocycles. The van der Waals surface area contributed by atoms with Crippen molar-refractivity contribution in [2.24, 2.45) is 5.10 Å². The molecule has 3 aromatic rings. The van der Waals surface area contributed by atoms with Crippen molar-refractivity contribution >= 4 is 33.7 Å². The van der Waals surface area contributed by atoms with Gasteiger partial charge in [0.15, 0.2) is 0 Å². The molecule has 3 aromatic carbocycles. The summed E-state index contributed by atoms with van der Waals surface area (Å²) >= 11 is 3.36. The number of nitrogens with one attached hydrogen (secondary N) is 1. The van der Waals surface area contributed by atoms with E-state index in [9.17, 15) is 9.18 Å². The van der Waals surface area contributed by atoms with Gasteiger partial charge in [-0.15, -0.1) is 0 Å². The lowest BCUT2D eigenvalue weighted by Crippen LogP contribution is -2.46. The van der Waals surface area contributed by atoms with Gasteiger partial charge >= 0.3 is 0 Å². The summed E-state index contributed by atoms with van der Waals surface area (Å²) in [6, 6.07) is 19.6. The Morgan fingerprint density at radius 3 is 2.56 bits per heavy atom. The number of hydrogen-bond acceptors (Lipinski definition) is 5. The minimum Gasteiger partial charge on any atom is -0.496 e. The van der Waals surface area contributed by atoms with Crippen LogP contribution in [0.25, 0.3) is 0 Å². The Bertz CT molecular complexity index is 1160. The summed E-state index contributed by atoms with van der Waals surface area (Å²) in [5, 5.41) is 4.11. The van der Waals surface area contributed by atoms with E-state index in [0.717, 1.165) is 59.8 Å². The first-order chi connectivity index (χ1) is 16.5. The summed E-state index contributed by atoms with van der Waals surface area (Å²) in [4.78, 5) is 16.9. The number of halogens is 2. The smallest absolute Gasteiger partial charge is 0.271 e. The van der Waals surface area contributed by atoms with Crippen LogP contribution >= 0.6 is 15.9 Å². The highest BCUT2D eigenvalue weighted by Gasteiger charge is 2.19. The zero-order valence-electron chi connectivity index (χ0n) is 18.9. The predicted molar refractivity (Wildman–Crippen MR) is 136 cm³/mol. The molecule has 0 aliphatic carbocycles. The molecule has 1 fully saturated rings. The van der Waals surface area contributed by atoms with E-state index in [0.29, 0.717) is 5.56 Å². The van der Waals surface area contributed by atoms with Gasteiger partial charge in [-0.2, -0.15) is 5.10 Å². The van der Waals surface area contributed by atoms with Gasteiger partial charge in [0.1, 0.15) is 11.6 Å². The van der Waals surface area contributed by atoms with Crippen LogP contribution in [0.3, 0.4) is 0 Å². The lowest BCUT2D eigenvalue weighted by Gasteiger charge is -2.36. The number of hydrogen-bond donors (Lipinski definition) is 1. The monoisotopic (exact) mass is 524 g/mol. The van der Waals surface area contributed by atoms with Gasteiger partial charge < -0.3 is 9.64 Å². The highest BCUT2D eigenvalue weighted by Crippen LogP contribution is 2.23. The van der Waals surface area contributed by atoms with Gasteiger partial charge in [-0.05, 0) is 66.2 Å². The van der Waals surface area contributed by atoms with Gasteiger partial charge in [0, 0.05) is 54.0 Å². The third-order valence-electron chi connectivity index (χ3n) is 5.73. The van der Waals surface area contributed by atoms with Crippen molar-refractivity contribution in [3.63, 3.8) is 0 Å². The van der Waals surface area contributed by atoms with Crippen molar-refractivity contribution in [1.82, 2.24) is 10.3 Å². The maximum absolute atomic E-state index is 13.2. The zero-order valence-corrected chi connectivity index (χ0v) is 20.5. The molecule has 6 nitrogen and oxygen atoms in total. The normalized spacial score (nSPS) is 14.4. The first kappa shape index (κ1) is 23.9. The molecule has 0 unspecified atom stereocenters. The number of benzene rings is 3. The largest absolute Gasteiger partial charge is 0.496 e. The second-order valence-electron chi connectivity index (χ2n) is 8.02. The lowest BCUT2D eigenvalue weighted by molar-refractivity contribution is 0.0955. The van der Waals surface area contributed by atoms with Crippen molar-refractivity contribution in [2.45, 2.75) is 6.54 Å². The van der Waals surface area contributed by atoms with Gasteiger partial charge in [0.25, 0.3) is 5.91 Å². The molecule has 8 heteroatoms. The number of piperazine rings is 1. The second-order valence-corrected chi connectivity index (χ2v) is 8.94. The topological polar surface area (TPSA) is 57.2 Å². The minimum absolute atomic E-state index is 0.217. The maximum atomic E-state index is 13.2. The molecular formula is C26H26BrFN4O2. The van der Waals surface area contributed by atoms with Gasteiger partial charge in [-0.1, -0.05) is 22.0 Å². The molecule has 1 aliphatic rings. The molecule has 0 spiro atoms. The van der Waals surface area contributed by atoms with Crippen LogP contribution in [0.5, 0.6) is 5.75 Å². The van der Waals surface area contributed by atoms with E-state index in [1.54, 1.807) is 31.5 Å². The molecule has 1 amide bonds. The Balaban J connectivity index is 1.36. The Morgan fingerprint density at radius 1 is 1.09 bits per heavy atom. The third kappa shape index (κ3) is 6.21. The van der Waals surface area contributed by atoms with E-state index >= 15 is 0 Å². The number of hydrazone groups is 1. The fourth-order valence-electron chi connectivity index (χ4n) is 3.92. The van der Waals surface area contributed by atoms with Crippen molar-refractivity contribution in [3.05, 3.63) is 93.7 Å². The molecule has 176 valence electrons. The summed E-state index contributed by atoms with van der Waals surface area (Å²) in [6.45, 7) is 4.27. The van der Waals surface area contributed by atoms with Crippen molar-refractivity contribution in [3.8, 4) is 5.75 Å². The number of carbonyl (C=O) groups excluding carboxylic acids is 1. The van der Waals surface area contributed by atoms with Crippen LogP contribution in [0.2, 0.25) is 0 Å². The number of nitrogens with zero attached hydrogens (tertiary/aromatic N) is 3. The van der Waals surface area contributed by atoms with Crippen LogP contribution in [-0.2, 0) is 6.54 Å². The average molecular weight is 525 g/mol. The number of methoxy groups -OCH3 is 1. The van der Waals surface area contributed by atoms with Crippen LogP contribution in [-0.4, -0.2) is 50.3 Å². The number of anilines is 1.